The van der Waals surface area contributed by atoms with Crippen LogP contribution in [-0.4, -0.2) is 35.2 Å². The van der Waals surface area contributed by atoms with E-state index in [4.69, 9.17) is 13.9 Å². The summed E-state index contributed by atoms with van der Waals surface area (Å²) in [5.74, 6) is 0.00840. The molecule has 112 valence electrons. The minimum atomic E-state index is -0.501. The maximum absolute atomic E-state index is 5.67. The van der Waals surface area contributed by atoms with Crippen molar-refractivity contribution in [2.45, 2.75) is 32.6 Å². The summed E-state index contributed by atoms with van der Waals surface area (Å²) in [6.07, 6.45) is 1.33. The predicted molar refractivity (Wildman–Crippen MR) is 77.9 cm³/mol. The van der Waals surface area contributed by atoms with Gasteiger partial charge in [0.05, 0.1) is 19.3 Å². The van der Waals surface area contributed by atoms with E-state index in [9.17, 15) is 0 Å². The number of anilines is 1. The van der Waals surface area contributed by atoms with E-state index in [0.717, 1.165) is 16.8 Å². The molecule has 1 aliphatic heterocycles. The van der Waals surface area contributed by atoms with Crippen molar-refractivity contribution >= 4 is 5.69 Å². The summed E-state index contributed by atoms with van der Waals surface area (Å²) in [5.41, 5.74) is 3.05. The Bertz CT molecular complexity index is 601. The van der Waals surface area contributed by atoms with E-state index in [2.05, 4.69) is 22.4 Å². The SMILES string of the molecule is Cc1ccc(-c2nnco2)cc1NC1COC(C)(C)OC1. The monoisotopic (exact) mass is 289 g/mol. The Kier molecular flexibility index (Phi) is 3.65. The van der Waals surface area contributed by atoms with Crippen molar-refractivity contribution in [3.63, 3.8) is 0 Å². The normalized spacial score (nSPS) is 18.6. The van der Waals surface area contributed by atoms with E-state index in [-0.39, 0.29) is 6.04 Å². The van der Waals surface area contributed by atoms with Crippen LogP contribution >= 0.6 is 0 Å². The zero-order valence-corrected chi connectivity index (χ0v) is 12.4. The van der Waals surface area contributed by atoms with Gasteiger partial charge in [-0.15, -0.1) is 10.2 Å². The fourth-order valence-corrected chi connectivity index (χ4v) is 2.20. The lowest BCUT2D eigenvalue weighted by molar-refractivity contribution is -0.247. The van der Waals surface area contributed by atoms with Crippen molar-refractivity contribution in [3.8, 4) is 11.5 Å². The van der Waals surface area contributed by atoms with Gasteiger partial charge in [-0.25, -0.2) is 0 Å². The summed E-state index contributed by atoms with van der Waals surface area (Å²) in [4.78, 5) is 0. The number of benzene rings is 1. The van der Waals surface area contributed by atoms with Crippen LogP contribution in [0.5, 0.6) is 0 Å². The molecule has 0 amide bonds. The molecule has 3 rings (SSSR count). The molecule has 6 nitrogen and oxygen atoms in total. The number of rotatable bonds is 3. The van der Waals surface area contributed by atoms with Crippen molar-refractivity contribution in [1.82, 2.24) is 10.2 Å². The lowest BCUT2D eigenvalue weighted by Gasteiger charge is -2.35. The average Bonchev–Trinajstić information content (AvgIpc) is 2.97. The molecule has 6 heteroatoms. The highest BCUT2D eigenvalue weighted by atomic mass is 16.7. The van der Waals surface area contributed by atoms with Crippen molar-refractivity contribution in [1.29, 1.82) is 0 Å². The van der Waals surface area contributed by atoms with Crippen LogP contribution in [0.1, 0.15) is 19.4 Å². The molecule has 0 atom stereocenters. The first kappa shape index (κ1) is 14.0. The minimum absolute atomic E-state index is 0.120. The van der Waals surface area contributed by atoms with Gasteiger partial charge in [0.1, 0.15) is 0 Å². The third-order valence-electron chi connectivity index (χ3n) is 3.47. The highest BCUT2D eigenvalue weighted by Crippen LogP contribution is 2.26. The third kappa shape index (κ3) is 3.22. The van der Waals surface area contributed by atoms with Crippen LogP contribution in [0, 0.1) is 6.92 Å². The Balaban J connectivity index is 1.75. The summed E-state index contributed by atoms with van der Waals surface area (Å²) in [5, 5.41) is 11.1. The molecule has 0 unspecified atom stereocenters. The topological polar surface area (TPSA) is 69.4 Å². The van der Waals surface area contributed by atoms with Gasteiger partial charge in [0.2, 0.25) is 12.3 Å². The van der Waals surface area contributed by atoms with E-state index in [1.807, 2.05) is 32.0 Å². The second-order valence-corrected chi connectivity index (χ2v) is 5.64. The molecule has 1 saturated heterocycles. The molecule has 1 aromatic heterocycles. The first-order valence-corrected chi connectivity index (χ1v) is 6.95. The van der Waals surface area contributed by atoms with Gasteiger partial charge in [0.15, 0.2) is 5.79 Å². The number of hydrogen-bond acceptors (Lipinski definition) is 6. The van der Waals surface area contributed by atoms with Crippen molar-refractivity contribution < 1.29 is 13.9 Å². The first-order chi connectivity index (χ1) is 10.0. The highest BCUT2D eigenvalue weighted by Gasteiger charge is 2.28. The summed E-state index contributed by atoms with van der Waals surface area (Å²) < 4.78 is 16.6. The Morgan fingerprint density at radius 2 is 2.00 bits per heavy atom. The number of ether oxygens (including phenoxy) is 2. The van der Waals surface area contributed by atoms with Crippen LogP contribution in [0.4, 0.5) is 5.69 Å². The van der Waals surface area contributed by atoms with E-state index < -0.39 is 5.79 Å². The molecule has 21 heavy (non-hydrogen) atoms. The molecular weight excluding hydrogens is 270 g/mol. The Morgan fingerprint density at radius 3 is 2.67 bits per heavy atom. The second kappa shape index (κ2) is 5.46. The molecule has 1 N–H and O–H groups in total. The molecule has 2 heterocycles. The summed E-state index contributed by atoms with van der Waals surface area (Å²) in [6.45, 7) is 7.11. The van der Waals surface area contributed by atoms with Gasteiger partial charge in [-0.2, -0.15) is 0 Å². The van der Waals surface area contributed by atoms with E-state index in [1.165, 1.54) is 6.39 Å². The van der Waals surface area contributed by atoms with Crippen LogP contribution in [0.25, 0.3) is 11.5 Å². The quantitative estimate of drug-likeness (QED) is 0.936. The van der Waals surface area contributed by atoms with Gasteiger partial charge in [-0.1, -0.05) is 6.07 Å². The van der Waals surface area contributed by atoms with Crippen molar-refractivity contribution in [2.24, 2.45) is 0 Å². The van der Waals surface area contributed by atoms with Crippen LogP contribution < -0.4 is 5.32 Å². The standard InChI is InChI=1S/C15H19N3O3/c1-10-4-5-11(14-18-16-9-19-14)6-13(10)17-12-7-20-15(2,3)21-8-12/h4-6,9,12,17H,7-8H2,1-3H3. The average molecular weight is 289 g/mol. The molecular formula is C15H19N3O3. The fraction of sp³-hybridized carbons (Fsp3) is 0.467. The van der Waals surface area contributed by atoms with E-state index in [0.29, 0.717) is 19.1 Å². The van der Waals surface area contributed by atoms with Crippen LogP contribution in [0.15, 0.2) is 29.0 Å². The third-order valence-corrected chi connectivity index (χ3v) is 3.47. The highest BCUT2D eigenvalue weighted by molar-refractivity contribution is 5.64. The zero-order valence-electron chi connectivity index (χ0n) is 12.4. The number of aromatic nitrogens is 2. The zero-order chi connectivity index (χ0) is 14.9. The maximum atomic E-state index is 5.67. The van der Waals surface area contributed by atoms with Crippen LogP contribution in [0.3, 0.4) is 0 Å². The van der Waals surface area contributed by atoms with Gasteiger partial charge in [-0.05, 0) is 38.5 Å². The molecule has 0 bridgehead atoms. The van der Waals surface area contributed by atoms with Crippen molar-refractivity contribution in [2.75, 3.05) is 18.5 Å². The molecule has 1 fully saturated rings. The van der Waals surface area contributed by atoms with Crippen LogP contribution in [0.2, 0.25) is 0 Å². The maximum Gasteiger partial charge on any atom is 0.247 e. The van der Waals surface area contributed by atoms with Crippen LogP contribution in [-0.2, 0) is 9.47 Å². The summed E-state index contributed by atoms with van der Waals surface area (Å²) in [7, 11) is 0. The van der Waals surface area contributed by atoms with Crippen molar-refractivity contribution in [3.05, 3.63) is 30.2 Å². The number of hydrogen-bond donors (Lipinski definition) is 1. The number of aryl methyl sites for hydroxylation is 1. The Morgan fingerprint density at radius 1 is 1.24 bits per heavy atom. The largest absolute Gasteiger partial charge is 0.423 e. The molecule has 1 aliphatic rings. The van der Waals surface area contributed by atoms with Gasteiger partial charge >= 0.3 is 0 Å². The Labute approximate surface area is 123 Å². The number of nitrogens with one attached hydrogen (secondary N) is 1. The molecule has 0 spiro atoms. The summed E-state index contributed by atoms with van der Waals surface area (Å²) >= 11 is 0. The van der Waals surface area contributed by atoms with E-state index in [1.54, 1.807) is 0 Å². The molecule has 1 aromatic carbocycles. The Hall–Kier alpha value is -1.92. The van der Waals surface area contributed by atoms with Gasteiger partial charge < -0.3 is 19.2 Å². The lowest BCUT2D eigenvalue weighted by Crippen LogP contribution is -2.45. The lowest BCUT2D eigenvalue weighted by atomic mass is 10.1. The molecule has 0 saturated carbocycles. The molecule has 2 aromatic rings. The first-order valence-electron chi connectivity index (χ1n) is 6.95. The van der Waals surface area contributed by atoms with Gasteiger partial charge in [-0.3, -0.25) is 0 Å². The molecule has 0 aliphatic carbocycles. The summed E-state index contributed by atoms with van der Waals surface area (Å²) in [6, 6.07) is 6.11. The predicted octanol–water partition coefficient (Wildman–Crippen LogP) is 2.61. The van der Waals surface area contributed by atoms with E-state index >= 15 is 0 Å². The molecule has 0 radical (unpaired) electrons. The smallest absolute Gasteiger partial charge is 0.247 e. The van der Waals surface area contributed by atoms with Gasteiger partial charge in [0.25, 0.3) is 0 Å². The fourth-order valence-electron chi connectivity index (χ4n) is 2.20. The van der Waals surface area contributed by atoms with Gasteiger partial charge in [0, 0.05) is 11.3 Å². The second-order valence-electron chi connectivity index (χ2n) is 5.64. The number of nitrogens with zero attached hydrogens (tertiary/aromatic N) is 2. The minimum Gasteiger partial charge on any atom is -0.423 e.